The zero-order valence-electron chi connectivity index (χ0n) is 30.9. The molecule has 0 amide bonds. The first-order valence-electron chi connectivity index (χ1n) is 18.0. The van der Waals surface area contributed by atoms with Gasteiger partial charge >= 0.3 is 23.9 Å². The van der Waals surface area contributed by atoms with Crippen molar-refractivity contribution in [2.75, 3.05) is 105 Å². The van der Waals surface area contributed by atoms with Crippen molar-refractivity contribution in [2.24, 2.45) is 0 Å². The number of carbonyl (C=O) groups is 4. The number of carboxylic acids is 4. The first kappa shape index (κ1) is 49.9. The zero-order chi connectivity index (χ0) is 39.2. The van der Waals surface area contributed by atoms with E-state index in [1.54, 1.807) is 43.9 Å². The van der Waals surface area contributed by atoms with Gasteiger partial charge in [-0.05, 0) is 50.3 Å². The van der Waals surface area contributed by atoms with Gasteiger partial charge in [-0.2, -0.15) is 0 Å². The first-order chi connectivity index (χ1) is 25.5. The summed E-state index contributed by atoms with van der Waals surface area (Å²) < 4.78 is 16.4. The fourth-order valence-electron chi connectivity index (χ4n) is 6.38. The molecule has 1 heterocycles. The van der Waals surface area contributed by atoms with Crippen LogP contribution in [0.5, 0.6) is 5.75 Å². The van der Waals surface area contributed by atoms with Gasteiger partial charge in [0, 0.05) is 119 Å². The number of nitrogens with zero attached hydrogens (tertiary/aromatic N) is 4. The van der Waals surface area contributed by atoms with Crippen LogP contribution in [0.4, 0.5) is 0 Å². The summed E-state index contributed by atoms with van der Waals surface area (Å²) in [4.78, 5) is 56.2. The van der Waals surface area contributed by atoms with Crippen molar-refractivity contribution in [1.29, 1.82) is 0 Å². The summed E-state index contributed by atoms with van der Waals surface area (Å²) in [6.45, 7) is 3.06. The minimum Gasteiger partial charge on any atom is -0.491 e. The van der Waals surface area contributed by atoms with Crippen LogP contribution in [0.1, 0.15) is 31.7 Å². The number of ether oxygens (including phenoxy) is 3. The van der Waals surface area contributed by atoms with Gasteiger partial charge in [0.05, 0.1) is 19.8 Å². The number of hydrogen-bond donors (Lipinski definition) is 7. The van der Waals surface area contributed by atoms with Crippen molar-refractivity contribution in [3.8, 4) is 5.75 Å². The Kier molecular flexibility index (Phi) is 26.1. The summed E-state index contributed by atoms with van der Waals surface area (Å²) in [6, 6.07) is 2.37. The first-order valence-corrected chi connectivity index (χ1v) is 18.0. The number of aliphatic carboxylic acids is 4. The molecular formula is C35H58GdN4O14. The van der Waals surface area contributed by atoms with E-state index in [0.717, 1.165) is 0 Å². The smallest absolute Gasteiger partial charge is 0.321 e. The molecule has 0 saturated carbocycles. The number of aliphatic hydroxyl groups excluding tert-OH is 3. The van der Waals surface area contributed by atoms with Crippen LogP contribution < -0.4 is 4.74 Å². The molecule has 54 heavy (non-hydrogen) atoms. The fraction of sp³-hybridized carbons (Fsp3) is 0.714. The van der Waals surface area contributed by atoms with E-state index in [4.69, 9.17) is 14.2 Å². The minimum absolute atomic E-state index is 0. The second-order valence-electron chi connectivity index (χ2n) is 12.6. The molecule has 1 aliphatic rings. The maximum absolute atomic E-state index is 12.9. The van der Waals surface area contributed by atoms with E-state index in [1.165, 1.54) is 0 Å². The number of rotatable bonds is 24. The van der Waals surface area contributed by atoms with Crippen LogP contribution in [-0.2, 0) is 35.1 Å². The second-order valence-corrected chi connectivity index (χ2v) is 12.6. The third-order valence-corrected chi connectivity index (χ3v) is 9.23. The van der Waals surface area contributed by atoms with Gasteiger partial charge in [-0.1, -0.05) is 12.1 Å². The van der Waals surface area contributed by atoms with Crippen LogP contribution in [0.3, 0.4) is 0 Å². The number of aliphatic hydroxyl groups is 3. The van der Waals surface area contributed by atoms with E-state index in [0.29, 0.717) is 44.3 Å². The van der Waals surface area contributed by atoms with Crippen molar-refractivity contribution >= 4 is 23.9 Å². The molecule has 1 aromatic rings. The van der Waals surface area contributed by atoms with Gasteiger partial charge in [-0.15, -0.1) is 0 Å². The summed E-state index contributed by atoms with van der Waals surface area (Å²) in [7, 11) is 0. The molecule has 18 nitrogen and oxygen atoms in total. The minimum atomic E-state index is -1.21. The van der Waals surface area contributed by atoms with Crippen LogP contribution in [0.25, 0.3) is 0 Å². The predicted molar refractivity (Wildman–Crippen MR) is 190 cm³/mol. The Hall–Kier alpha value is -2.14. The molecule has 0 bridgehead atoms. The largest absolute Gasteiger partial charge is 0.491 e. The van der Waals surface area contributed by atoms with Gasteiger partial charge in [0.25, 0.3) is 0 Å². The van der Waals surface area contributed by atoms with E-state index in [9.17, 15) is 54.9 Å². The van der Waals surface area contributed by atoms with Crippen LogP contribution in [0.2, 0.25) is 0 Å². The molecule has 0 aromatic heterocycles. The molecule has 4 unspecified atom stereocenters. The van der Waals surface area contributed by atoms with Gasteiger partial charge in [0.2, 0.25) is 0 Å². The standard InChI is InChI=1S/C35H58N4O14.Gd/c1-2-51-21-22-52-23-24-53-27-5-3-26(4-6-27)25-31(35(49)50)39-16-14-37(29(8-19-41)33(45)46)12-10-36(28(7-18-40)32(43)44)11-13-38(15-17-39)30(9-20-42)34(47)48;/h3-6,28-31,40-42H,2,7-25H2,1H3,(H,43,44)(H,45,46)(H,47,48)(H,49,50);. The molecule has 1 fully saturated rings. The summed E-state index contributed by atoms with van der Waals surface area (Å²) in [5.41, 5.74) is 0.684. The average Bonchev–Trinajstić information content (AvgIpc) is 3.12. The molecule has 1 aliphatic heterocycles. The average molecular weight is 916 g/mol. The zero-order valence-corrected chi connectivity index (χ0v) is 33.2. The normalized spacial score (nSPS) is 17.9. The van der Waals surface area contributed by atoms with Crippen LogP contribution in [0.15, 0.2) is 24.3 Å². The quantitative estimate of drug-likeness (QED) is 0.0605. The van der Waals surface area contributed by atoms with Gasteiger partial charge in [0.1, 0.15) is 36.5 Å². The SMILES string of the molecule is CCOCCOCCOc1ccc(CC(C(=O)O)N2CCN(C(CCO)C(=O)O)CCN(C(CCO)C(=O)O)CCN(C(CCO)C(=O)O)CC2)cc1.[Gd]. The van der Waals surface area contributed by atoms with Crippen molar-refractivity contribution in [3.05, 3.63) is 29.8 Å². The third kappa shape index (κ3) is 17.8. The molecule has 0 radical (unpaired) electrons. The van der Waals surface area contributed by atoms with Crippen LogP contribution >= 0.6 is 0 Å². The summed E-state index contributed by atoms with van der Waals surface area (Å²) in [5, 5.41) is 69.6. The van der Waals surface area contributed by atoms with E-state index < -0.39 is 67.9 Å². The maximum atomic E-state index is 12.9. The van der Waals surface area contributed by atoms with Gasteiger partial charge in [-0.3, -0.25) is 38.8 Å². The number of benzene rings is 1. The predicted octanol–water partition coefficient (Wildman–Crippen LogP) is -1.16. The molecule has 1 saturated heterocycles. The summed E-state index contributed by atoms with van der Waals surface area (Å²) in [6.07, 6.45) is -0.319. The van der Waals surface area contributed by atoms with Crippen molar-refractivity contribution in [1.82, 2.24) is 19.6 Å². The number of carboxylic acid groups (broad SMARTS) is 4. The molecule has 4 atom stereocenters. The maximum Gasteiger partial charge on any atom is 0.321 e. The second kappa shape index (κ2) is 28.3. The van der Waals surface area contributed by atoms with Crippen molar-refractivity contribution < 1.29 is 109 Å². The Morgan fingerprint density at radius 2 is 0.889 bits per heavy atom. The fourth-order valence-corrected chi connectivity index (χ4v) is 6.38. The molecule has 0 aliphatic carbocycles. The molecule has 310 valence electrons. The Labute approximate surface area is 348 Å². The monoisotopic (exact) mass is 916 g/mol. The van der Waals surface area contributed by atoms with Crippen molar-refractivity contribution in [2.45, 2.75) is 56.8 Å². The van der Waals surface area contributed by atoms with Crippen molar-refractivity contribution in [3.63, 3.8) is 0 Å². The molecule has 7 N–H and O–H groups in total. The number of hydrogen-bond acceptors (Lipinski definition) is 14. The topological polar surface area (TPSA) is 251 Å². The molecule has 19 heteroatoms. The third-order valence-electron chi connectivity index (χ3n) is 9.23. The Morgan fingerprint density at radius 3 is 1.22 bits per heavy atom. The van der Waals surface area contributed by atoms with Crippen LogP contribution in [0, 0.1) is 39.9 Å². The summed E-state index contributed by atoms with van der Waals surface area (Å²) >= 11 is 0. The Balaban J connectivity index is 0.0000146. The van der Waals surface area contributed by atoms with Crippen LogP contribution in [-0.4, -0.2) is 209 Å². The van der Waals surface area contributed by atoms with Gasteiger partial charge < -0.3 is 50.0 Å². The Morgan fingerprint density at radius 1 is 0.556 bits per heavy atom. The van der Waals surface area contributed by atoms with E-state index in [2.05, 4.69) is 0 Å². The Bertz CT molecular complexity index is 1190. The molecular weight excluding hydrogens is 858 g/mol. The van der Waals surface area contributed by atoms with E-state index >= 15 is 0 Å². The molecule has 0 spiro atoms. The summed E-state index contributed by atoms with van der Waals surface area (Å²) in [5.74, 6) is -4.20. The van der Waals surface area contributed by atoms with Gasteiger partial charge in [-0.25, -0.2) is 0 Å². The van der Waals surface area contributed by atoms with E-state index in [1.807, 2.05) is 6.92 Å². The molecule has 1 aromatic carbocycles. The van der Waals surface area contributed by atoms with Gasteiger partial charge in [0.15, 0.2) is 0 Å². The molecule has 2 rings (SSSR count). The van der Waals surface area contributed by atoms with E-state index in [-0.39, 0.29) is 118 Å².